The maximum absolute atomic E-state index is 14.0. The number of hydrogen-bond donors (Lipinski definition) is 2. The SMILES string of the molecule is N[C@H]1CC[C@H](CNc2nc(N3CCOCC3)cc(-n3c(C(F)F)nc4ccc(F)cc43)n2)CC1. The van der Waals surface area contributed by atoms with Gasteiger partial charge in [-0.1, -0.05) is 0 Å². The monoisotopic (exact) mass is 475 g/mol. The molecule has 0 atom stereocenters. The Bertz CT molecular complexity index is 1140. The van der Waals surface area contributed by atoms with E-state index < -0.39 is 18.1 Å². The highest BCUT2D eigenvalue weighted by molar-refractivity contribution is 5.78. The minimum absolute atomic E-state index is 0.216. The number of nitrogens with zero attached hydrogens (tertiary/aromatic N) is 5. The van der Waals surface area contributed by atoms with Crippen LogP contribution in [0.3, 0.4) is 0 Å². The van der Waals surface area contributed by atoms with Crippen molar-refractivity contribution in [1.82, 2.24) is 19.5 Å². The summed E-state index contributed by atoms with van der Waals surface area (Å²) in [4.78, 5) is 15.3. The number of rotatable bonds is 6. The van der Waals surface area contributed by atoms with Crippen LogP contribution >= 0.6 is 0 Å². The first-order valence-corrected chi connectivity index (χ1v) is 11.7. The van der Waals surface area contributed by atoms with Crippen molar-refractivity contribution in [1.29, 1.82) is 0 Å². The van der Waals surface area contributed by atoms with E-state index in [1.807, 2.05) is 4.90 Å². The molecule has 0 unspecified atom stereocenters. The van der Waals surface area contributed by atoms with E-state index in [-0.39, 0.29) is 22.9 Å². The van der Waals surface area contributed by atoms with Gasteiger partial charge in [-0.15, -0.1) is 0 Å². The standard InChI is InChI=1S/C23H28F3N7O/c24-15-3-6-17-18(11-15)33(22(29-17)21(25)26)20-12-19(32-7-9-34-10-8-32)30-23(31-20)28-13-14-1-4-16(27)5-2-14/h3,6,11-12,14,16,21H,1-2,4-5,7-10,13,27H2,(H,28,30,31)/t14-,16-. The van der Waals surface area contributed by atoms with Crippen molar-refractivity contribution in [2.24, 2.45) is 11.7 Å². The fourth-order valence-electron chi connectivity index (χ4n) is 4.65. The molecule has 3 N–H and O–H groups in total. The Morgan fingerprint density at radius 1 is 1.03 bits per heavy atom. The van der Waals surface area contributed by atoms with Gasteiger partial charge in [0.15, 0.2) is 5.82 Å². The average Bonchev–Trinajstić information content (AvgIpc) is 3.23. The maximum atomic E-state index is 14.0. The topological polar surface area (TPSA) is 94.1 Å². The lowest BCUT2D eigenvalue weighted by atomic mass is 9.86. The van der Waals surface area contributed by atoms with E-state index in [1.165, 1.54) is 22.8 Å². The third-order valence-electron chi connectivity index (χ3n) is 6.54. The average molecular weight is 476 g/mol. The third-order valence-corrected chi connectivity index (χ3v) is 6.54. The van der Waals surface area contributed by atoms with Gasteiger partial charge in [0.1, 0.15) is 17.5 Å². The molecule has 2 aromatic heterocycles. The fraction of sp³-hybridized carbons (Fsp3) is 0.522. The second-order valence-corrected chi connectivity index (χ2v) is 8.91. The molecule has 5 rings (SSSR count). The van der Waals surface area contributed by atoms with Crippen molar-refractivity contribution in [2.75, 3.05) is 43.1 Å². The Morgan fingerprint density at radius 3 is 2.50 bits per heavy atom. The predicted molar refractivity (Wildman–Crippen MR) is 123 cm³/mol. The van der Waals surface area contributed by atoms with Gasteiger partial charge in [0.2, 0.25) is 5.95 Å². The van der Waals surface area contributed by atoms with Crippen molar-refractivity contribution in [3.8, 4) is 5.82 Å². The summed E-state index contributed by atoms with van der Waals surface area (Å²) < 4.78 is 48.6. The number of anilines is 2. The predicted octanol–water partition coefficient (Wildman–Crippen LogP) is 3.66. The molecule has 3 heterocycles. The van der Waals surface area contributed by atoms with E-state index in [0.29, 0.717) is 50.5 Å². The van der Waals surface area contributed by atoms with Crippen molar-refractivity contribution in [3.05, 3.63) is 35.9 Å². The smallest absolute Gasteiger partial charge is 0.296 e. The molecule has 0 amide bonds. The molecule has 0 radical (unpaired) electrons. The van der Waals surface area contributed by atoms with Crippen molar-refractivity contribution in [3.63, 3.8) is 0 Å². The van der Waals surface area contributed by atoms with Crippen LogP contribution in [0.1, 0.15) is 37.9 Å². The van der Waals surface area contributed by atoms with E-state index in [9.17, 15) is 13.2 Å². The summed E-state index contributed by atoms with van der Waals surface area (Å²) in [5.74, 6) is 0.573. The first-order valence-electron chi connectivity index (χ1n) is 11.7. The number of morpholine rings is 1. The zero-order chi connectivity index (χ0) is 23.7. The Morgan fingerprint density at radius 2 is 1.76 bits per heavy atom. The highest BCUT2D eigenvalue weighted by Gasteiger charge is 2.24. The molecule has 1 saturated carbocycles. The third kappa shape index (κ3) is 4.80. The molecule has 2 fully saturated rings. The molecular formula is C23H28F3N7O. The Balaban J connectivity index is 1.54. The molecule has 1 saturated heterocycles. The Kier molecular flexibility index (Phi) is 6.55. The molecular weight excluding hydrogens is 447 g/mol. The van der Waals surface area contributed by atoms with Gasteiger partial charge in [0.05, 0.1) is 24.2 Å². The lowest BCUT2D eigenvalue weighted by molar-refractivity contribution is 0.122. The highest BCUT2D eigenvalue weighted by atomic mass is 19.3. The molecule has 1 aliphatic carbocycles. The molecule has 34 heavy (non-hydrogen) atoms. The van der Waals surface area contributed by atoms with Gasteiger partial charge in [-0.3, -0.25) is 4.57 Å². The van der Waals surface area contributed by atoms with Crippen LogP contribution in [0.15, 0.2) is 24.3 Å². The molecule has 0 bridgehead atoms. The lowest BCUT2D eigenvalue weighted by Gasteiger charge is -2.29. The summed E-state index contributed by atoms with van der Waals surface area (Å²) in [6, 6.07) is 5.70. The second kappa shape index (κ2) is 9.75. The number of nitrogens with one attached hydrogen (secondary N) is 1. The van der Waals surface area contributed by atoms with Gasteiger partial charge in [0.25, 0.3) is 6.43 Å². The first kappa shape index (κ1) is 22.9. The number of ether oxygens (including phenoxy) is 1. The summed E-state index contributed by atoms with van der Waals surface area (Å²) in [6.45, 7) is 3.01. The van der Waals surface area contributed by atoms with E-state index in [0.717, 1.165) is 25.7 Å². The molecule has 0 spiro atoms. The van der Waals surface area contributed by atoms with E-state index in [2.05, 4.69) is 20.3 Å². The normalized spacial score (nSPS) is 21.4. The van der Waals surface area contributed by atoms with Crippen molar-refractivity contribution in [2.45, 2.75) is 38.2 Å². The number of fused-ring (bicyclic) bond motifs is 1. The van der Waals surface area contributed by atoms with Crippen LogP contribution in [0.4, 0.5) is 24.9 Å². The number of benzene rings is 1. The lowest BCUT2D eigenvalue weighted by Crippen LogP contribution is -2.37. The quantitative estimate of drug-likeness (QED) is 0.562. The van der Waals surface area contributed by atoms with Crippen molar-refractivity contribution >= 4 is 22.8 Å². The Hall–Kier alpha value is -2.92. The number of nitrogens with two attached hydrogens (primary N) is 1. The Labute approximate surface area is 195 Å². The maximum Gasteiger partial charge on any atom is 0.296 e. The van der Waals surface area contributed by atoms with Gasteiger partial charge in [-0.25, -0.2) is 18.2 Å². The van der Waals surface area contributed by atoms with Crippen LogP contribution in [0.5, 0.6) is 0 Å². The summed E-state index contributed by atoms with van der Waals surface area (Å²) in [7, 11) is 0. The molecule has 8 nitrogen and oxygen atoms in total. The van der Waals surface area contributed by atoms with E-state index >= 15 is 0 Å². The summed E-state index contributed by atoms with van der Waals surface area (Å²) in [5.41, 5.74) is 6.52. The van der Waals surface area contributed by atoms with E-state index in [1.54, 1.807) is 6.07 Å². The molecule has 182 valence electrons. The number of halogens is 3. The van der Waals surface area contributed by atoms with Crippen LogP contribution in [0.25, 0.3) is 16.9 Å². The highest BCUT2D eigenvalue weighted by Crippen LogP contribution is 2.30. The van der Waals surface area contributed by atoms with E-state index in [4.69, 9.17) is 10.5 Å². The van der Waals surface area contributed by atoms with Crippen LogP contribution in [-0.4, -0.2) is 58.4 Å². The second-order valence-electron chi connectivity index (χ2n) is 8.91. The number of aromatic nitrogens is 4. The summed E-state index contributed by atoms with van der Waals surface area (Å²) in [5, 5.41) is 3.30. The van der Waals surface area contributed by atoms with Gasteiger partial charge >= 0.3 is 0 Å². The minimum atomic E-state index is -2.86. The van der Waals surface area contributed by atoms with Crippen LogP contribution < -0.4 is 16.0 Å². The van der Waals surface area contributed by atoms with Crippen LogP contribution in [-0.2, 0) is 4.74 Å². The zero-order valence-corrected chi connectivity index (χ0v) is 18.8. The molecule has 1 aromatic carbocycles. The molecule has 3 aromatic rings. The van der Waals surface area contributed by atoms with Gasteiger partial charge in [0, 0.05) is 37.8 Å². The molecule has 1 aliphatic heterocycles. The van der Waals surface area contributed by atoms with Crippen molar-refractivity contribution < 1.29 is 17.9 Å². The zero-order valence-electron chi connectivity index (χ0n) is 18.8. The van der Waals surface area contributed by atoms with Gasteiger partial charge in [-0.05, 0) is 43.7 Å². The molecule has 2 aliphatic rings. The fourth-order valence-corrected chi connectivity index (χ4v) is 4.65. The first-order chi connectivity index (χ1) is 16.5. The minimum Gasteiger partial charge on any atom is -0.378 e. The summed E-state index contributed by atoms with van der Waals surface area (Å²) in [6.07, 6.45) is 1.14. The van der Waals surface area contributed by atoms with Crippen LogP contribution in [0.2, 0.25) is 0 Å². The number of hydrogen-bond acceptors (Lipinski definition) is 7. The van der Waals surface area contributed by atoms with Gasteiger partial charge in [-0.2, -0.15) is 9.97 Å². The number of alkyl halides is 2. The molecule has 11 heteroatoms. The number of imidazole rings is 1. The van der Waals surface area contributed by atoms with Gasteiger partial charge < -0.3 is 20.7 Å². The largest absolute Gasteiger partial charge is 0.378 e. The summed E-state index contributed by atoms with van der Waals surface area (Å²) >= 11 is 0. The van der Waals surface area contributed by atoms with Crippen LogP contribution in [0, 0.1) is 11.7 Å².